The molecule has 1 rings (SSSR count). The Kier molecular flexibility index (Phi) is 4.24. The third-order valence-corrected chi connectivity index (χ3v) is 2.09. The fourth-order valence-corrected chi connectivity index (χ4v) is 1.32. The first kappa shape index (κ1) is 12.9. The fourth-order valence-electron chi connectivity index (χ4n) is 1.32. The quantitative estimate of drug-likeness (QED) is 0.838. The lowest BCUT2D eigenvalue weighted by Gasteiger charge is -2.26. The molecule has 0 aromatic heterocycles. The van der Waals surface area contributed by atoms with Crippen LogP contribution in [0.15, 0.2) is 18.2 Å². The standard InChI is InChI=1S/C12H17F2NO/c1-4-15-8-12(2,3)16-9-5-6-10(13)11(14)7-9/h5-7,15H,4,8H2,1-3H3. The van der Waals surface area contributed by atoms with Crippen molar-refractivity contribution in [2.75, 3.05) is 13.1 Å². The summed E-state index contributed by atoms with van der Waals surface area (Å²) in [5.41, 5.74) is -0.458. The first-order valence-electron chi connectivity index (χ1n) is 5.29. The summed E-state index contributed by atoms with van der Waals surface area (Å²) < 4.78 is 31.2. The Morgan fingerprint density at radius 2 is 1.94 bits per heavy atom. The second-order valence-electron chi connectivity index (χ2n) is 4.22. The highest BCUT2D eigenvalue weighted by atomic mass is 19.2. The van der Waals surface area contributed by atoms with Gasteiger partial charge in [0.15, 0.2) is 11.6 Å². The van der Waals surface area contributed by atoms with Gasteiger partial charge in [0.05, 0.1) is 0 Å². The molecule has 1 N–H and O–H groups in total. The van der Waals surface area contributed by atoms with Gasteiger partial charge in [-0.3, -0.25) is 0 Å². The van der Waals surface area contributed by atoms with Crippen LogP contribution in [-0.4, -0.2) is 18.7 Å². The minimum atomic E-state index is -0.892. The van der Waals surface area contributed by atoms with Gasteiger partial charge in [-0.1, -0.05) is 6.92 Å². The van der Waals surface area contributed by atoms with Crippen LogP contribution in [0.25, 0.3) is 0 Å². The average Bonchev–Trinajstić information content (AvgIpc) is 2.20. The zero-order valence-electron chi connectivity index (χ0n) is 9.81. The average molecular weight is 229 g/mol. The van der Waals surface area contributed by atoms with Gasteiger partial charge in [-0.15, -0.1) is 0 Å². The van der Waals surface area contributed by atoms with Crippen LogP contribution in [0.2, 0.25) is 0 Å². The zero-order valence-corrected chi connectivity index (χ0v) is 9.81. The molecule has 0 aliphatic carbocycles. The van der Waals surface area contributed by atoms with Crippen LogP contribution < -0.4 is 10.1 Å². The summed E-state index contributed by atoms with van der Waals surface area (Å²) in [6.07, 6.45) is 0. The Morgan fingerprint density at radius 1 is 1.25 bits per heavy atom. The van der Waals surface area contributed by atoms with Crippen molar-refractivity contribution in [2.45, 2.75) is 26.4 Å². The number of hydrogen-bond acceptors (Lipinski definition) is 2. The van der Waals surface area contributed by atoms with E-state index in [1.54, 1.807) is 0 Å². The van der Waals surface area contributed by atoms with E-state index in [0.717, 1.165) is 18.7 Å². The molecule has 16 heavy (non-hydrogen) atoms. The molecule has 0 aliphatic rings. The van der Waals surface area contributed by atoms with Gasteiger partial charge in [0.1, 0.15) is 11.4 Å². The normalized spacial score (nSPS) is 11.6. The summed E-state index contributed by atoms with van der Waals surface area (Å²) in [5, 5.41) is 3.14. The highest BCUT2D eigenvalue weighted by Crippen LogP contribution is 2.20. The molecular formula is C12H17F2NO. The van der Waals surface area contributed by atoms with Gasteiger partial charge in [-0.2, -0.15) is 0 Å². The maximum Gasteiger partial charge on any atom is 0.162 e. The molecule has 0 saturated carbocycles. The van der Waals surface area contributed by atoms with Crippen LogP contribution in [0.1, 0.15) is 20.8 Å². The molecule has 0 atom stereocenters. The lowest BCUT2D eigenvalue weighted by atomic mass is 10.1. The van der Waals surface area contributed by atoms with E-state index >= 15 is 0 Å². The summed E-state index contributed by atoms with van der Waals surface area (Å²) in [4.78, 5) is 0. The van der Waals surface area contributed by atoms with Crippen molar-refractivity contribution >= 4 is 0 Å². The smallest absolute Gasteiger partial charge is 0.162 e. The SMILES string of the molecule is CCNCC(C)(C)Oc1ccc(F)c(F)c1. The monoisotopic (exact) mass is 229 g/mol. The molecule has 90 valence electrons. The molecule has 0 bridgehead atoms. The van der Waals surface area contributed by atoms with Gasteiger partial charge >= 0.3 is 0 Å². The largest absolute Gasteiger partial charge is 0.486 e. The summed E-state index contributed by atoms with van der Waals surface area (Å²) in [6.45, 7) is 7.24. The lowest BCUT2D eigenvalue weighted by Crippen LogP contribution is -2.40. The van der Waals surface area contributed by atoms with Gasteiger partial charge in [0.25, 0.3) is 0 Å². The molecule has 1 aromatic rings. The molecule has 2 nitrogen and oxygen atoms in total. The van der Waals surface area contributed by atoms with Gasteiger partial charge in [0, 0.05) is 12.6 Å². The summed E-state index contributed by atoms with van der Waals surface area (Å²) in [5.74, 6) is -1.42. The molecule has 4 heteroatoms. The maximum atomic E-state index is 12.9. The molecule has 0 fully saturated rings. The Bertz CT molecular complexity index is 353. The third kappa shape index (κ3) is 3.77. The molecule has 0 radical (unpaired) electrons. The van der Waals surface area contributed by atoms with E-state index in [2.05, 4.69) is 5.32 Å². The van der Waals surface area contributed by atoms with E-state index in [4.69, 9.17) is 4.74 Å². The minimum Gasteiger partial charge on any atom is -0.486 e. The predicted octanol–water partition coefficient (Wildman–Crippen LogP) is 2.73. The number of likely N-dealkylation sites (N-methyl/N-ethyl adjacent to an activating group) is 1. The summed E-state index contributed by atoms with van der Waals surface area (Å²) >= 11 is 0. The fraction of sp³-hybridized carbons (Fsp3) is 0.500. The zero-order chi connectivity index (χ0) is 12.2. The molecule has 0 amide bonds. The van der Waals surface area contributed by atoms with E-state index in [9.17, 15) is 8.78 Å². The van der Waals surface area contributed by atoms with Gasteiger partial charge in [-0.05, 0) is 32.5 Å². The Balaban J connectivity index is 2.68. The first-order valence-corrected chi connectivity index (χ1v) is 5.29. The van der Waals surface area contributed by atoms with Crippen LogP contribution in [0.5, 0.6) is 5.75 Å². The molecule has 0 spiro atoms. The second-order valence-corrected chi connectivity index (χ2v) is 4.22. The topological polar surface area (TPSA) is 21.3 Å². The van der Waals surface area contributed by atoms with Crippen LogP contribution in [-0.2, 0) is 0 Å². The second kappa shape index (κ2) is 5.25. The van der Waals surface area contributed by atoms with Crippen molar-refractivity contribution in [2.24, 2.45) is 0 Å². The summed E-state index contributed by atoms with van der Waals surface area (Å²) in [7, 11) is 0. The predicted molar refractivity (Wildman–Crippen MR) is 59.6 cm³/mol. The van der Waals surface area contributed by atoms with Crippen LogP contribution in [0.4, 0.5) is 8.78 Å². The lowest BCUT2D eigenvalue weighted by molar-refractivity contribution is 0.108. The maximum absolute atomic E-state index is 12.9. The van der Waals surface area contributed by atoms with Crippen molar-refractivity contribution in [3.63, 3.8) is 0 Å². The van der Waals surface area contributed by atoms with E-state index in [1.165, 1.54) is 6.07 Å². The molecule has 0 unspecified atom stereocenters. The molecule has 0 heterocycles. The number of nitrogens with one attached hydrogen (secondary N) is 1. The number of benzene rings is 1. The highest BCUT2D eigenvalue weighted by Gasteiger charge is 2.19. The van der Waals surface area contributed by atoms with Gasteiger partial charge < -0.3 is 10.1 Å². The van der Waals surface area contributed by atoms with Crippen molar-refractivity contribution in [1.82, 2.24) is 5.32 Å². The minimum absolute atomic E-state index is 0.335. The van der Waals surface area contributed by atoms with E-state index < -0.39 is 17.2 Å². The number of halogens is 2. The van der Waals surface area contributed by atoms with Crippen molar-refractivity contribution in [3.05, 3.63) is 29.8 Å². The number of ether oxygens (including phenoxy) is 1. The van der Waals surface area contributed by atoms with Crippen molar-refractivity contribution < 1.29 is 13.5 Å². The van der Waals surface area contributed by atoms with E-state index in [0.29, 0.717) is 12.3 Å². The third-order valence-electron chi connectivity index (χ3n) is 2.09. The molecule has 0 aliphatic heterocycles. The Morgan fingerprint density at radius 3 is 2.50 bits per heavy atom. The first-order chi connectivity index (χ1) is 7.44. The van der Waals surface area contributed by atoms with Crippen LogP contribution in [0.3, 0.4) is 0 Å². The Hall–Kier alpha value is -1.16. The molecule has 1 aromatic carbocycles. The van der Waals surface area contributed by atoms with Crippen LogP contribution >= 0.6 is 0 Å². The molecular weight excluding hydrogens is 212 g/mol. The van der Waals surface area contributed by atoms with Crippen molar-refractivity contribution in [1.29, 1.82) is 0 Å². The van der Waals surface area contributed by atoms with Crippen LogP contribution in [0, 0.1) is 11.6 Å². The van der Waals surface area contributed by atoms with Gasteiger partial charge in [0.2, 0.25) is 0 Å². The van der Waals surface area contributed by atoms with Crippen molar-refractivity contribution in [3.8, 4) is 5.75 Å². The number of hydrogen-bond donors (Lipinski definition) is 1. The highest BCUT2D eigenvalue weighted by molar-refractivity contribution is 5.24. The number of rotatable bonds is 5. The van der Waals surface area contributed by atoms with E-state index in [1.807, 2.05) is 20.8 Å². The Labute approximate surface area is 94.6 Å². The van der Waals surface area contributed by atoms with E-state index in [-0.39, 0.29) is 0 Å². The molecule has 0 saturated heterocycles. The summed E-state index contributed by atoms with van der Waals surface area (Å²) in [6, 6.07) is 3.54. The van der Waals surface area contributed by atoms with Gasteiger partial charge in [-0.25, -0.2) is 8.78 Å².